The van der Waals surface area contributed by atoms with E-state index >= 15 is 0 Å². The van der Waals surface area contributed by atoms with Crippen LogP contribution >= 0.6 is 0 Å². The van der Waals surface area contributed by atoms with Gasteiger partial charge in [0.25, 0.3) is 5.91 Å². The monoisotopic (exact) mass is 450 g/mol. The summed E-state index contributed by atoms with van der Waals surface area (Å²) < 4.78 is 23.2. The first-order valence-corrected chi connectivity index (χ1v) is 12.1. The number of amides is 2. The number of hydrogen-bond acceptors (Lipinski definition) is 4. The van der Waals surface area contributed by atoms with Crippen LogP contribution in [0.5, 0.6) is 0 Å². The van der Waals surface area contributed by atoms with Gasteiger partial charge in [0.2, 0.25) is 5.91 Å². The Morgan fingerprint density at radius 1 is 0.875 bits per heavy atom. The van der Waals surface area contributed by atoms with Crippen LogP contribution in [0.1, 0.15) is 28.9 Å². The topological polar surface area (TPSA) is 83.6 Å². The quantitative estimate of drug-likeness (QED) is 0.595. The first kappa shape index (κ1) is 23.2. The molecule has 0 heterocycles. The van der Waals surface area contributed by atoms with E-state index in [2.05, 4.69) is 5.32 Å². The SMILES string of the molecule is CC(c1ccc(S(C)(=O)=O)cc1)N(C)C(=O)CNC(=O)c1ccc(-c2ccccc2)cc1. The molecule has 6 nitrogen and oxygen atoms in total. The molecule has 0 bridgehead atoms. The standard InChI is InChI=1S/C25H26N2O4S/c1-18(19-13-15-23(16-14-19)32(3,30)31)27(2)24(28)17-26-25(29)22-11-9-21(10-12-22)20-7-5-4-6-8-20/h4-16,18H,17H2,1-3H3,(H,26,29). The predicted molar refractivity (Wildman–Crippen MR) is 125 cm³/mol. The molecule has 32 heavy (non-hydrogen) atoms. The van der Waals surface area contributed by atoms with Gasteiger partial charge in [-0.15, -0.1) is 0 Å². The molecular weight excluding hydrogens is 424 g/mol. The summed E-state index contributed by atoms with van der Waals surface area (Å²) in [5.74, 6) is -0.574. The number of carbonyl (C=O) groups excluding carboxylic acids is 2. The molecule has 3 aromatic rings. The molecule has 1 atom stereocenters. The fourth-order valence-electron chi connectivity index (χ4n) is 3.26. The number of carbonyl (C=O) groups is 2. The largest absolute Gasteiger partial charge is 0.343 e. The van der Waals surface area contributed by atoms with Crippen molar-refractivity contribution in [2.24, 2.45) is 0 Å². The molecule has 0 aromatic heterocycles. The molecule has 1 unspecified atom stereocenters. The molecule has 3 rings (SSSR count). The van der Waals surface area contributed by atoms with Crippen LogP contribution in [0.2, 0.25) is 0 Å². The van der Waals surface area contributed by atoms with Crippen LogP contribution in [0.3, 0.4) is 0 Å². The van der Waals surface area contributed by atoms with Crippen molar-refractivity contribution in [3.05, 3.63) is 90.0 Å². The number of benzene rings is 3. The lowest BCUT2D eigenvalue weighted by atomic mass is 10.0. The maximum absolute atomic E-state index is 12.6. The Labute approximate surface area is 188 Å². The zero-order valence-electron chi connectivity index (χ0n) is 18.3. The van der Waals surface area contributed by atoms with E-state index in [0.29, 0.717) is 5.56 Å². The second-order valence-electron chi connectivity index (χ2n) is 7.65. The lowest BCUT2D eigenvalue weighted by Crippen LogP contribution is -2.39. The summed E-state index contributed by atoms with van der Waals surface area (Å²) in [5, 5.41) is 2.66. The lowest BCUT2D eigenvalue weighted by Gasteiger charge is -2.25. The van der Waals surface area contributed by atoms with Crippen molar-refractivity contribution in [2.45, 2.75) is 17.9 Å². The highest BCUT2D eigenvalue weighted by Gasteiger charge is 2.19. The highest BCUT2D eigenvalue weighted by Crippen LogP contribution is 2.21. The first-order chi connectivity index (χ1) is 15.2. The van der Waals surface area contributed by atoms with Crippen molar-refractivity contribution in [1.82, 2.24) is 10.2 Å². The third-order valence-corrected chi connectivity index (χ3v) is 6.55. The molecule has 0 saturated carbocycles. The number of likely N-dealkylation sites (N-methyl/N-ethyl adjacent to an activating group) is 1. The van der Waals surface area contributed by atoms with Crippen LogP contribution in [0.4, 0.5) is 0 Å². The molecule has 0 saturated heterocycles. The molecule has 3 aromatic carbocycles. The second-order valence-corrected chi connectivity index (χ2v) is 9.66. The van der Waals surface area contributed by atoms with E-state index in [1.54, 1.807) is 31.3 Å². The van der Waals surface area contributed by atoms with Gasteiger partial charge in [-0.05, 0) is 47.9 Å². The van der Waals surface area contributed by atoms with Gasteiger partial charge in [0, 0.05) is 18.9 Å². The van der Waals surface area contributed by atoms with Crippen LogP contribution in [0, 0.1) is 0 Å². The molecule has 0 aliphatic heterocycles. The molecule has 0 aliphatic carbocycles. The summed E-state index contributed by atoms with van der Waals surface area (Å²) >= 11 is 0. The maximum atomic E-state index is 12.6. The van der Waals surface area contributed by atoms with E-state index in [0.717, 1.165) is 22.9 Å². The maximum Gasteiger partial charge on any atom is 0.251 e. The molecular formula is C25H26N2O4S. The summed E-state index contributed by atoms with van der Waals surface area (Å²) in [7, 11) is -1.62. The molecule has 0 fully saturated rings. The van der Waals surface area contributed by atoms with E-state index in [4.69, 9.17) is 0 Å². The summed E-state index contributed by atoms with van der Waals surface area (Å²) in [5.41, 5.74) is 3.35. The number of sulfone groups is 1. The van der Waals surface area contributed by atoms with E-state index in [1.807, 2.05) is 49.4 Å². The fraction of sp³-hybridized carbons (Fsp3) is 0.200. The Morgan fingerprint density at radius 3 is 2.00 bits per heavy atom. The van der Waals surface area contributed by atoms with E-state index < -0.39 is 9.84 Å². The van der Waals surface area contributed by atoms with Gasteiger partial charge in [0.05, 0.1) is 17.5 Å². The van der Waals surface area contributed by atoms with Crippen LogP contribution in [-0.4, -0.2) is 45.0 Å². The Kier molecular flexibility index (Phi) is 7.10. The summed E-state index contributed by atoms with van der Waals surface area (Å²) in [4.78, 5) is 26.8. The van der Waals surface area contributed by atoms with Crippen LogP contribution in [0.25, 0.3) is 11.1 Å². The van der Waals surface area contributed by atoms with Gasteiger partial charge in [0.15, 0.2) is 9.84 Å². The molecule has 7 heteroatoms. The van der Waals surface area contributed by atoms with Gasteiger partial charge in [-0.25, -0.2) is 8.42 Å². The van der Waals surface area contributed by atoms with Gasteiger partial charge in [-0.2, -0.15) is 0 Å². The zero-order chi connectivity index (χ0) is 23.3. The Bertz CT molecular complexity index is 1190. The van der Waals surface area contributed by atoms with Gasteiger partial charge in [-0.1, -0.05) is 54.6 Å². The highest BCUT2D eigenvalue weighted by molar-refractivity contribution is 7.90. The van der Waals surface area contributed by atoms with Crippen molar-refractivity contribution < 1.29 is 18.0 Å². The minimum atomic E-state index is -3.27. The first-order valence-electron chi connectivity index (χ1n) is 10.2. The molecule has 0 spiro atoms. The van der Waals surface area contributed by atoms with E-state index in [1.165, 1.54) is 17.0 Å². The third kappa shape index (κ3) is 5.62. The highest BCUT2D eigenvalue weighted by atomic mass is 32.2. The van der Waals surface area contributed by atoms with Gasteiger partial charge >= 0.3 is 0 Å². The average Bonchev–Trinajstić information content (AvgIpc) is 2.81. The number of nitrogens with zero attached hydrogens (tertiary/aromatic N) is 1. The normalized spacial score (nSPS) is 12.1. The summed E-state index contributed by atoms with van der Waals surface area (Å²) in [6.07, 6.45) is 1.15. The van der Waals surface area contributed by atoms with Crippen molar-refractivity contribution >= 4 is 21.7 Å². The Morgan fingerprint density at radius 2 is 1.44 bits per heavy atom. The predicted octanol–water partition coefficient (Wildman–Crippen LogP) is 3.71. The van der Waals surface area contributed by atoms with Crippen molar-refractivity contribution in [2.75, 3.05) is 19.8 Å². The molecule has 166 valence electrons. The van der Waals surface area contributed by atoms with Crippen LogP contribution < -0.4 is 5.32 Å². The molecule has 1 N–H and O–H groups in total. The Balaban J connectivity index is 1.57. The van der Waals surface area contributed by atoms with Crippen LogP contribution in [0.15, 0.2) is 83.8 Å². The second kappa shape index (κ2) is 9.78. The number of nitrogens with one attached hydrogen (secondary N) is 1. The van der Waals surface area contributed by atoms with Crippen molar-refractivity contribution in [1.29, 1.82) is 0 Å². The van der Waals surface area contributed by atoms with Gasteiger partial charge < -0.3 is 10.2 Å². The molecule has 2 amide bonds. The average molecular weight is 451 g/mol. The van der Waals surface area contributed by atoms with Crippen molar-refractivity contribution in [3.8, 4) is 11.1 Å². The smallest absolute Gasteiger partial charge is 0.251 e. The summed E-state index contributed by atoms with van der Waals surface area (Å²) in [6.45, 7) is 1.71. The number of rotatable bonds is 7. The van der Waals surface area contributed by atoms with Crippen molar-refractivity contribution in [3.63, 3.8) is 0 Å². The van der Waals surface area contributed by atoms with Gasteiger partial charge in [0.1, 0.15) is 0 Å². The van der Waals surface area contributed by atoms with E-state index in [9.17, 15) is 18.0 Å². The van der Waals surface area contributed by atoms with Gasteiger partial charge in [-0.3, -0.25) is 9.59 Å². The van der Waals surface area contributed by atoms with E-state index in [-0.39, 0.29) is 29.3 Å². The minimum Gasteiger partial charge on any atom is -0.343 e. The molecule has 0 aliphatic rings. The minimum absolute atomic E-state index is 0.137. The lowest BCUT2D eigenvalue weighted by molar-refractivity contribution is -0.130. The Hall–Kier alpha value is -3.45. The zero-order valence-corrected chi connectivity index (χ0v) is 19.1. The van der Waals surface area contributed by atoms with Crippen LogP contribution in [-0.2, 0) is 14.6 Å². The molecule has 0 radical (unpaired) electrons. The third-order valence-electron chi connectivity index (χ3n) is 5.42. The summed E-state index contributed by atoms with van der Waals surface area (Å²) in [6, 6.07) is 23.2. The fourth-order valence-corrected chi connectivity index (χ4v) is 3.89. The number of hydrogen-bond donors (Lipinski definition) is 1.